The van der Waals surface area contributed by atoms with Crippen LogP contribution < -0.4 is 5.32 Å². The molecule has 0 bridgehead atoms. The highest BCUT2D eigenvalue weighted by molar-refractivity contribution is 6.09. The fourth-order valence-electron chi connectivity index (χ4n) is 1.71. The van der Waals surface area contributed by atoms with Gasteiger partial charge in [0, 0.05) is 5.69 Å². The SMILES string of the molecule is CCOC(=O)c1[nH]cnc1C(=O)Nc1ccc(C(=O)O)cc1. The van der Waals surface area contributed by atoms with Gasteiger partial charge in [0.05, 0.1) is 18.5 Å². The first kappa shape index (κ1) is 15.2. The van der Waals surface area contributed by atoms with Crippen LogP contribution in [0.4, 0.5) is 5.69 Å². The molecule has 0 saturated carbocycles. The van der Waals surface area contributed by atoms with Gasteiger partial charge in [-0.25, -0.2) is 14.6 Å². The second kappa shape index (κ2) is 6.53. The smallest absolute Gasteiger partial charge is 0.357 e. The first-order valence-electron chi connectivity index (χ1n) is 6.38. The van der Waals surface area contributed by atoms with E-state index in [4.69, 9.17) is 9.84 Å². The third kappa shape index (κ3) is 3.29. The Kier molecular flexibility index (Phi) is 4.52. The number of hydrogen-bond acceptors (Lipinski definition) is 5. The molecule has 0 fully saturated rings. The molecule has 8 nitrogen and oxygen atoms in total. The maximum atomic E-state index is 12.1. The van der Waals surface area contributed by atoms with Gasteiger partial charge in [0.25, 0.3) is 5.91 Å². The van der Waals surface area contributed by atoms with Crippen molar-refractivity contribution in [3.63, 3.8) is 0 Å². The number of nitrogens with zero attached hydrogens (tertiary/aromatic N) is 1. The van der Waals surface area contributed by atoms with Crippen LogP contribution in [0.1, 0.15) is 38.3 Å². The summed E-state index contributed by atoms with van der Waals surface area (Å²) in [5, 5.41) is 11.3. The minimum Gasteiger partial charge on any atom is -0.478 e. The average molecular weight is 303 g/mol. The molecule has 2 aromatic rings. The van der Waals surface area contributed by atoms with Crippen molar-refractivity contribution < 1.29 is 24.2 Å². The lowest BCUT2D eigenvalue weighted by Crippen LogP contribution is -2.18. The van der Waals surface area contributed by atoms with E-state index in [2.05, 4.69) is 15.3 Å². The van der Waals surface area contributed by atoms with Crippen molar-refractivity contribution in [3.05, 3.63) is 47.5 Å². The predicted molar refractivity (Wildman–Crippen MR) is 75.9 cm³/mol. The van der Waals surface area contributed by atoms with E-state index in [9.17, 15) is 14.4 Å². The van der Waals surface area contributed by atoms with Crippen LogP contribution in [-0.4, -0.2) is 39.5 Å². The maximum Gasteiger partial charge on any atom is 0.357 e. The Bertz CT molecular complexity index is 706. The van der Waals surface area contributed by atoms with Crippen molar-refractivity contribution in [2.45, 2.75) is 6.92 Å². The van der Waals surface area contributed by atoms with E-state index in [1.165, 1.54) is 30.6 Å². The lowest BCUT2D eigenvalue weighted by molar-refractivity contribution is 0.0516. The molecule has 1 aromatic heterocycles. The summed E-state index contributed by atoms with van der Waals surface area (Å²) in [5.41, 5.74) is 0.347. The number of aromatic nitrogens is 2. The lowest BCUT2D eigenvalue weighted by atomic mass is 10.2. The van der Waals surface area contributed by atoms with Gasteiger partial charge in [-0.1, -0.05) is 0 Å². The molecule has 0 aliphatic heterocycles. The molecule has 0 aliphatic rings. The van der Waals surface area contributed by atoms with Crippen LogP contribution in [0.25, 0.3) is 0 Å². The van der Waals surface area contributed by atoms with Crippen molar-refractivity contribution in [2.24, 2.45) is 0 Å². The number of anilines is 1. The molecule has 0 atom stereocenters. The molecule has 1 aromatic carbocycles. The summed E-state index contributed by atoms with van der Waals surface area (Å²) in [6.45, 7) is 1.83. The van der Waals surface area contributed by atoms with Gasteiger partial charge in [-0.2, -0.15) is 0 Å². The second-order valence-corrected chi connectivity index (χ2v) is 4.18. The zero-order valence-electron chi connectivity index (χ0n) is 11.6. The summed E-state index contributed by atoms with van der Waals surface area (Å²) in [7, 11) is 0. The van der Waals surface area contributed by atoms with Crippen molar-refractivity contribution >= 4 is 23.5 Å². The molecule has 0 unspecified atom stereocenters. The van der Waals surface area contributed by atoms with E-state index in [1.807, 2.05) is 0 Å². The van der Waals surface area contributed by atoms with E-state index >= 15 is 0 Å². The Morgan fingerprint density at radius 1 is 1.27 bits per heavy atom. The lowest BCUT2D eigenvalue weighted by Gasteiger charge is -2.05. The van der Waals surface area contributed by atoms with Gasteiger partial charge < -0.3 is 20.1 Å². The summed E-state index contributed by atoms with van der Waals surface area (Å²) >= 11 is 0. The first-order chi connectivity index (χ1) is 10.5. The number of carbonyl (C=O) groups excluding carboxylic acids is 2. The van der Waals surface area contributed by atoms with Crippen molar-refractivity contribution in [3.8, 4) is 0 Å². The average Bonchev–Trinajstić information content (AvgIpc) is 2.97. The zero-order valence-corrected chi connectivity index (χ0v) is 11.6. The first-order valence-corrected chi connectivity index (χ1v) is 6.38. The number of imidazole rings is 1. The monoisotopic (exact) mass is 303 g/mol. The molecule has 0 aliphatic carbocycles. The highest BCUT2D eigenvalue weighted by atomic mass is 16.5. The molecular formula is C14H13N3O5. The van der Waals surface area contributed by atoms with Crippen LogP contribution in [-0.2, 0) is 4.74 Å². The summed E-state index contributed by atoms with van der Waals surface area (Å²) in [5.74, 6) is -2.34. The van der Waals surface area contributed by atoms with E-state index < -0.39 is 17.8 Å². The highest BCUT2D eigenvalue weighted by Crippen LogP contribution is 2.12. The Morgan fingerprint density at radius 2 is 1.95 bits per heavy atom. The van der Waals surface area contributed by atoms with E-state index in [1.54, 1.807) is 6.92 Å². The van der Waals surface area contributed by atoms with Crippen LogP contribution in [0.2, 0.25) is 0 Å². The molecular weight excluding hydrogens is 290 g/mol. The number of benzene rings is 1. The number of aromatic carboxylic acids is 1. The van der Waals surface area contributed by atoms with Gasteiger partial charge in [0.1, 0.15) is 0 Å². The summed E-state index contributed by atoms with van der Waals surface area (Å²) in [6.07, 6.45) is 1.22. The van der Waals surface area contributed by atoms with Crippen LogP contribution in [0.5, 0.6) is 0 Å². The number of carboxylic acid groups (broad SMARTS) is 1. The van der Waals surface area contributed by atoms with E-state index in [-0.39, 0.29) is 23.6 Å². The normalized spacial score (nSPS) is 10.0. The Labute approximate surface area is 125 Å². The maximum absolute atomic E-state index is 12.1. The molecule has 0 spiro atoms. The van der Waals surface area contributed by atoms with Gasteiger partial charge in [-0.3, -0.25) is 4.79 Å². The topological polar surface area (TPSA) is 121 Å². The number of H-pyrrole nitrogens is 1. The van der Waals surface area contributed by atoms with Crippen molar-refractivity contribution in [1.82, 2.24) is 9.97 Å². The minimum atomic E-state index is -1.06. The minimum absolute atomic E-state index is 0.0403. The zero-order chi connectivity index (χ0) is 16.1. The fourth-order valence-corrected chi connectivity index (χ4v) is 1.71. The van der Waals surface area contributed by atoms with Gasteiger partial charge in [-0.05, 0) is 31.2 Å². The number of carbonyl (C=O) groups is 3. The molecule has 8 heteroatoms. The van der Waals surface area contributed by atoms with Gasteiger partial charge >= 0.3 is 11.9 Å². The molecule has 22 heavy (non-hydrogen) atoms. The number of nitrogens with one attached hydrogen (secondary N) is 2. The third-order valence-electron chi connectivity index (χ3n) is 2.72. The number of aromatic amines is 1. The van der Waals surface area contributed by atoms with Crippen molar-refractivity contribution in [1.29, 1.82) is 0 Å². The highest BCUT2D eigenvalue weighted by Gasteiger charge is 2.21. The van der Waals surface area contributed by atoms with E-state index in [0.717, 1.165) is 0 Å². The number of hydrogen-bond donors (Lipinski definition) is 3. The number of esters is 1. The Morgan fingerprint density at radius 3 is 2.55 bits per heavy atom. The van der Waals surface area contributed by atoms with Crippen LogP contribution in [0.15, 0.2) is 30.6 Å². The molecule has 1 amide bonds. The molecule has 1 heterocycles. The van der Waals surface area contributed by atoms with Crippen LogP contribution in [0, 0.1) is 0 Å². The summed E-state index contributed by atoms with van der Waals surface area (Å²) < 4.78 is 4.81. The molecule has 114 valence electrons. The van der Waals surface area contributed by atoms with Crippen molar-refractivity contribution in [2.75, 3.05) is 11.9 Å². The number of amides is 1. The fraction of sp³-hybridized carbons (Fsp3) is 0.143. The quantitative estimate of drug-likeness (QED) is 0.720. The number of ether oxygens (including phenoxy) is 1. The summed E-state index contributed by atoms with van der Waals surface area (Å²) in [6, 6.07) is 5.60. The standard InChI is InChI=1S/C14H13N3O5/c1-2-22-14(21)11-10(15-7-16-11)12(18)17-9-5-3-8(4-6-9)13(19)20/h3-7H,2H2,1H3,(H,15,16)(H,17,18)(H,19,20). The van der Waals surface area contributed by atoms with Gasteiger partial charge in [0.2, 0.25) is 0 Å². The largest absolute Gasteiger partial charge is 0.478 e. The van der Waals surface area contributed by atoms with Crippen LogP contribution in [0.3, 0.4) is 0 Å². The summed E-state index contributed by atoms with van der Waals surface area (Å²) in [4.78, 5) is 40.9. The third-order valence-corrected chi connectivity index (χ3v) is 2.72. The van der Waals surface area contributed by atoms with Gasteiger partial charge in [-0.15, -0.1) is 0 Å². The molecule has 3 N–H and O–H groups in total. The number of rotatable bonds is 5. The predicted octanol–water partition coefficient (Wildman–Crippen LogP) is 1.54. The van der Waals surface area contributed by atoms with E-state index in [0.29, 0.717) is 5.69 Å². The Hall–Kier alpha value is -3.16. The van der Waals surface area contributed by atoms with Gasteiger partial charge in [0.15, 0.2) is 11.4 Å². The van der Waals surface area contributed by atoms with Crippen LogP contribution >= 0.6 is 0 Å². The molecule has 2 rings (SSSR count). The Balaban J connectivity index is 2.14. The molecule has 0 radical (unpaired) electrons. The molecule has 0 saturated heterocycles. The second-order valence-electron chi connectivity index (χ2n) is 4.18. The number of carboxylic acids is 1.